The Bertz CT molecular complexity index is 1490. The van der Waals surface area contributed by atoms with Gasteiger partial charge < -0.3 is 14.3 Å². The summed E-state index contributed by atoms with van der Waals surface area (Å²) in [5.41, 5.74) is 5.55. The monoisotopic (exact) mass is 468 g/mol. The van der Waals surface area contributed by atoms with Crippen molar-refractivity contribution in [1.29, 1.82) is 0 Å². The molecule has 2 aliphatic heterocycles. The van der Waals surface area contributed by atoms with E-state index in [4.69, 9.17) is 4.74 Å². The van der Waals surface area contributed by atoms with Gasteiger partial charge in [0.05, 0.1) is 24.4 Å². The van der Waals surface area contributed by atoms with Gasteiger partial charge in [0.2, 0.25) is 0 Å². The average molecular weight is 469 g/mol. The van der Waals surface area contributed by atoms with Gasteiger partial charge in [-0.05, 0) is 31.5 Å². The largest absolute Gasteiger partial charge is 0.379 e. The van der Waals surface area contributed by atoms with Crippen LogP contribution in [0.1, 0.15) is 23.1 Å². The molecule has 0 atom stereocenters. The highest BCUT2D eigenvalue weighted by atomic mass is 16.5. The second-order valence-corrected chi connectivity index (χ2v) is 9.35. The Morgan fingerprint density at radius 2 is 1.69 bits per heavy atom. The van der Waals surface area contributed by atoms with E-state index in [9.17, 15) is 9.59 Å². The number of ether oxygens (including phenoxy) is 1. The second-order valence-electron chi connectivity index (χ2n) is 9.35. The summed E-state index contributed by atoms with van der Waals surface area (Å²) in [6.45, 7) is 7.43. The zero-order chi connectivity index (χ0) is 23.9. The fourth-order valence-corrected chi connectivity index (χ4v) is 5.33. The van der Waals surface area contributed by atoms with E-state index in [1.54, 1.807) is 0 Å². The Kier molecular flexibility index (Phi) is 5.51. The molecule has 35 heavy (non-hydrogen) atoms. The predicted octanol–water partition coefficient (Wildman–Crippen LogP) is 3.72. The molecule has 0 spiro atoms. The summed E-state index contributed by atoms with van der Waals surface area (Å²) in [5, 5.41) is 4.47. The lowest BCUT2D eigenvalue weighted by Crippen LogP contribution is -2.37. The van der Waals surface area contributed by atoms with Gasteiger partial charge in [-0.15, -0.1) is 0 Å². The third-order valence-electron chi connectivity index (χ3n) is 7.07. The number of hydrogen-bond donors (Lipinski definition) is 2. The highest BCUT2D eigenvalue weighted by Crippen LogP contribution is 2.38. The summed E-state index contributed by atoms with van der Waals surface area (Å²) < 4.78 is 7.68. The molecule has 0 bridgehead atoms. The van der Waals surface area contributed by atoms with Crippen LogP contribution in [0.4, 0.5) is 0 Å². The molecule has 4 aromatic rings. The third-order valence-corrected chi connectivity index (χ3v) is 7.07. The van der Waals surface area contributed by atoms with Crippen LogP contribution in [0.15, 0.2) is 54.9 Å². The SMILES string of the molecule is Cc1ccc2c(c1)c(C1=C(c3c[nH]c4ccccc34)C(=O)NC1=O)cn2CCCN1CCOCC1. The van der Waals surface area contributed by atoms with Crippen LogP contribution in [0.2, 0.25) is 0 Å². The van der Waals surface area contributed by atoms with Crippen molar-refractivity contribution in [3.05, 3.63) is 71.5 Å². The van der Waals surface area contributed by atoms with Crippen LogP contribution in [-0.4, -0.2) is 59.1 Å². The fraction of sp³-hybridized carbons (Fsp3) is 0.286. The number of benzene rings is 2. The molecular weight excluding hydrogens is 440 g/mol. The van der Waals surface area contributed by atoms with E-state index in [0.29, 0.717) is 11.1 Å². The third kappa shape index (κ3) is 3.87. The molecular formula is C28H28N4O3. The molecule has 2 aliphatic rings. The normalized spacial score (nSPS) is 17.2. The Morgan fingerprint density at radius 1 is 0.914 bits per heavy atom. The lowest BCUT2D eigenvalue weighted by molar-refractivity contribution is -0.122. The van der Waals surface area contributed by atoms with Gasteiger partial charge in [-0.3, -0.25) is 19.8 Å². The van der Waals surface area contributed by atoms with Crippen LogP contribution >= 0.6 is 0 Å². The van der Waals surface area contributed by atoms with E-state index in [0.717, 1.165) is 84.3 Å². The van der Waals surface area contributed by atoms with Gasteiger partial charge in [-0.25, -0.2) is 0 Å². The zero-order valence-electron chi connectivity index (χ0n) is 19.8. The minimum absolute atomic E-state index is 0.343. The molecule has 0 radical (unpaired) electrons. The van der Waals surface area contributed by atoms with Crippen LogP contribution in [-0.2, 0) is 20.9 Å². The Balaban J connectivity index is 1.44. The van der Waals surface area contributed by atoms with Gasteiger partial charge in [0.25, 0.3) is 11.8 Å². The molecule has 2 amide bonds. The van der Waals surface area contributed by atoms with Crippen LogP contribution in [0.5, 0.6) is 0 Å². The summed E-state index contributed by atoms with van der Waals surface area (Å²) in [6.07, 6.45) is 4.87. The summed E-state index contributed by atoms with van der Waals surface area (Å²) in [7, 11) is 0. The summed E-state index contributed by atoms with van der Waals surface area (Å²) in [5.74, 6) is -0.695. The van der Waals surface area contributed by atoms with Gasteiger partial charge in [0.1, 0.15) is 0 Å². The van der Waals surface area contributed by atoms with Crippen molar-refractivity contribution < 1.29 is 14.3 Å². The number of morpholine rings is 1. The summed E-state index contributed by atoms with van der Waals surface area (Å²) in [4.78, 5) is 31.9. The van der Waals surface area contributed by atoms with E-state index in [1.807, 2.05) is 43.6 Å². The molecule has 2 aromatic heterocycles. The fourth-order valence-electron chi connectivity index (χ4n) is 5.33. The van der Waals surface area contributed by atoms with Crippen molar-refractivity contribution >= 4 is 44.8 Å². The van der Waals surface area contributed by atoms with E-state index in [2.05, 4.69) is 38.0 Å². The molecule has 7 nitrogen and oxygen atoms in total. The van der Waals surface area contributed by atoms with Crippen LogP contribution < -0.4 is 5.32 Å². The first-order valence-corrected chi connectivity index (χ1v) is 12.2. The average Bonchev–Trinajstić information content (AvgIpc) is 3.52. The molecule has 0 saturated carbocycles. The number of H-pyrrole nitrogens is 1. The smallest absolute Gasteiger partial charge is 0.259 e. The first-order chi connectivity index (χ1) is 17.1. The minimum atomic E-state index is -0.351. The van der Waals surface area contributed by atoms with Gasteiger partial charge in [-0.2, -0.15) is 0 Å². The molecule has 0 aliphatic carbocycles. The van der Waals surface area contributed by atoms with Crippen molar-refractivity contribution in [3.8, 4) is 0 Å². The number of imide groups is 1. The molecule has 4 heterocycles. The highest BCUT2D eigenvalue weighted by Gasteiger charge is 2.35. The lowest BCUT2D eigenvalue weighted by atomic mass is 9.95. The topological polar surface area (TPSA) is 79.4 Å². The van der Waals surface area contributed by atoms with Crippen molar-refractivity contribution in [1.82, 2.24) is 19.8 Å². The van der Waals surface area contributed by atoms with Crippen LogP contribution in [0.25, 0.3) is 33.0 Å². The maximum atomic E-state index is 13.2. The predicted molar refractivity (Wildman–Crippen MR) is 137 cm³/mol. The molecule has 1 fully saturated rings. The number of nitrogens with zero attached hydrogens (tertiary/aromatic N) is 2. The Hall–Kier alpha value is -3.68. The number of carbonyl (C=O) groups excluding carboxylic acids is 2. The highest BCUT2D eigenvalue weighted by molar-refractivity contribution is 6.50. The number of amides is 2. The zero-order valence-corrected chi connectivity index (χ0v) is 19.8. The molecule has 6 rings (SSSR count). The van der Waals surface area contributed by atoms with Gasteiger partial charge in [-0.1, -0.05) is 29.8 Å². The van der Waals surface area contributed by atoms with Crippen molar-refractivity contribution in [2.45, 2.75) is 19.9 Å². The van der Waals surface area contributed by atoms with Crippen molar-refractivity contribution in [2.75, 3.05) is 32.8 Å². The molecule has 2 N–H and O–H groups in total. The number of aromatic amines is 1. The molecule has 7 heteroatoms. The van der Waals surface area contributed by atoms with Crippen LogP contribution in [0, 0.1) is 6.92 Å². The van der Waals surface area contributed by atoms with E-state index < -0.39 is 0 Å². The van der Waals surface area contributed by atoms with Crippen LogP contribution in [0.3, 0.4) is 0 Å². The Labute approximate surface area is 203 Å². The maximum absolute atomic E-state index is 13.2. The Morgan fingerprint density at radius 3 is 2.51 bits per heavy atom. The van der Waals surface area contributed by atoms with E-state index >= 15 is 0 Å². The van der Waals surface area contributed by atoms with E-state index in [1.165, 1.54) is 0 Å². The minimum Gasteiger partial charge on any atom is -0.379 e. The lowest BCUT2D eigenvalue weighted by Gasteiger charge is -2.26. The number of para-hydroxylation sites is 1. The van der Waals surface area contributed by atoms with Gasteiger partial charge in [0, 0.05) is 71.5 Å². The number of hydrogen-bond acceptors (Lipinski definition) is 4. The van der Waals surface area contributed by atoms with E-state index in [-0.39, 0.29) is 11.8 Å². The molecule has 178 valence electrons. The number of fused-ring (bicyclic) bond motifs is 2. The number of aromatic nitrogens is 2. The number of nitrogens with one attached hydrogen (secondary N) is 2. The molecule has 2 aromatic carbocycles. The maximum Gasteiger partial charge on any atom is 0.259 e. The summed E-state index contributed by atoms with van der Waals surface area (Å²) in [6, 6.07) is 14.2. The van der Waals surface area contributed by atoms with Crippen molar-refractivity contribution in [3.63, 3.8) is 0 Å². The first kappa shape index (κ1) is 21.8. The number of carbonyl (C=O) groups is 2. The van der Waals surface area contributed by atoms with Gasteiger partial charge in [0.15, 0.2) is 0 Å². The molecule has 0 unspecified atom stereocenters. The van der Waals surface area contributed by atoms with Gasteiger partial charge >= 0.3 is 0 Å². The summed E-state index contributed by atoms with van der Waals surface area (Å²) >= 11 is 0. The standard InChI is InChI=1S/C28H28N4O3/c1-18-7-8-24-20(15-18)22(17-32(24)10-4-9-31-11-13-35-14-12-31)26-25(27(33)30-28(26)34)21-16-29-23-6-3-2-5-19(21)23/h2-3,5-8,15-17,29H,4,9-14H2,1H3,(H,30,33,34). The number of rotatable bonds is 6. The second kappa shape index (κ2) is 8.83. The quantitative estimate of drug-likeness (QED) is 0.423. The molecule has 1 saturated heterocycles. The van der Waals surface area contributed by atoms with Crippen molar-refractivity contribution in [2.24, 2.45) is 0 Å². The first-order valence-electron chi connectivity index (χ1n) is 12.2. The number of aryl methyl sites for hydroxylation is 2.